The number of hydrogen-bond donors (Lipinski definition) is 3. The lowest BCUT2D eigenvalue weighted by atomic mass is 10.3. The van der Waals surface area contributed by atoms with E-state index in [4.69, 9.17) is 0 Å². The Balaban J connectivity index is 2.10. The molecule has 0 radical (unpaired) electrons. The molecule has 5 nitrogen and oxygen atoms in total. The van der Waals surface area contributed by atoms with Gasteiger partial charge >= 0.3 is 6.03 Å². The number of hydrazine groups is 1. The van der Waals surface area contributed by atoms with Crippen molar-refractivity contribution in [3.05, 3.63) is 0 Å². The number of urea groups is 1. The summed E-state index contributed by atoms with van der Waals surface area (Å²) in [5.41, 5.74) is 2.97. The van der Waals surface area contributed by atoms with E-state index in [0.717, 1.165) is 13.0 Å². The standard InChI is InChI=1S/C5H10N4O/c10-5-7-3-6-4-1-2-8-9(4)5/h4,6,8H,1-3H2,(H,7,10). The fraction of sp³-hybridized carbons (Fsp3) is 0.800. The van der Waals surface area contributed by atoms with Gasteiger partial charge in [-0.25, -0.2) is 15.2 Å². The molecule has 3 N–H and O–H groups in total. The van der Waals surface area contributed by atoms with E-state index in [2.05, 4.69) is 16.1 Å². The zero-order chi connectivity index (χ0) is 6.97. The van der Waals surface area contributed by atoms with Crippen molar-refractivity contribution in [2.75, 3.05) is 13.2 Å². The molecule has 2 aliphatic rings. The van der Waals surface area contributed by atoms with Crippen LogP contribution >= 0.6 is 0 Å². The molecule has 1 unspecified atom stereocenters. The second-order valence-electron chi connectivity index (χ2n) is 2.45. The molecule has 2 saturated heterocycles. The van der Waals surface area contributed by atoms with E-state index in [1.165, 1.54) is 0 Å². The number of amides is 2. The van der Waals surface area contributed by atoms with Crippen molar-refractivity contribution in [2.24, 2.45) is 0 Å². The number of carbonyl (C=O) groups is 1. The monoisotopic (exact) mass is 142 g/mol. The Morgan fingerprint density at radius 1 is 1.60 bits per heavy atom. The first-order valence-corrected chi connectivity index (χ1v) is 3.42. The van der Waals surface area contributed by atoms with Crippen molar-refractivity contribution >= 4 is 6.03 Å². The van der Waals surface area contributed by atoms with E-state index >= 15 is 0 Å². The summed E-state index contributed by atoms with van der Waals surface area (Å²) in [5, 5.41) is 7.41. The van der Waals surface area contributed by atoms with Gasteiger partial charge in [0.1, 0.15) is 6.17 Å². The molecule has 0 aromatic carbocycles. The van der Waals surface area contributed by atoms with Gasteiger partial charge in [0.25, 0.3) is 0 Å². The first kappa shape index (κ1) is 5.94. The van der Waals surface area contributed by atoms with Crippen LogP contribution in [0, 0.1) is 0 Å². The smallest absolute Gasteiger partial charge is 0.324 e. The highest BCUT2D eigenvalue weighted by Gasteiger charge is 2.31. The van der Waals surface area contributed by atoms with Gasteiger partial charge in [-0.2, -0.15) is 0 Å². The highest BCUT2D eigenvalue weighted by molar-refractivity contribution is 5.74. The van der Waals surface area contributed by atoms with Crippen LogP contribution in [-0.4, -0.2) is 30.4 Å². The van der Waals surface area contributed by atoms with Crippen LogP contribution < -0.4 is 16.1 Å². The third-order valence-electron chi connectivity index (χ3n) is 1.81. The lowest BCUT2D eigenvalue weighted by Crippen LogP contribution is -2.60. The minimum absolute atomic E-state index is 0.0266. The fourth-order valence-corrected chi connectivity index (χ4v) is 1.30. The highest BCUT2D eigenvalue weighted by atomic mass is 16.2. The molecule has 2 amide bonds. The summed E-state index contributed by atoms with van der Waals surface area (Å²) in [5.74, 6) is 0. The summed E-state index contributed by atoms with van der Waals surface area (Å²) in [6.45, 7) is 1.47. The van der Waals surface area contributed by atoms with Gasteiger partial charge in [0.2, 0.25) is 0 Å². The maximum absolute atomic E-state index is 11.0. The highest BCUT2D eigenvalue weighted by Crippen LogP contribution is 2.07. The fourth-order valence-electron chi connectivity index (χ4n) is 1.30. The van der Waals surface area contributed by atoms with Gasteiger partial charge in [0, 0.05) is 6.54 Å². The van der Waals surface area contributed by atoms with Crippen molar-refractivity contribution in [2.45, 2.75) is 12.6 Å². The second-order valence-corrected chi connectivity index (χ2v) is 2.45. The van der Waals surface area contributed by atoms with Gasteiger partial charge in [-0.1, -0.05) is 0 Å². The average Bonchev–Trinajstić information content (AvgIpc) is 2.36. The zero-order valence-electron chi connectivity index (χ0n) is 5.55. The summed E-state index contributed by atoms with van der Waals surface area (Å²) in [6.07, 6.45) is 1.20. The molecule has 0 saturated carbocycles. The number of fused-ring (bicyclic) bond motifs is 1. The first-order valence-electron chi connectivity index (χ1n) is 3.42. The van der Waals surface area contributed by atoms with E-state index in [9.17, 15) is 4.79 Å². The Morgan fingerprint density at radius 2 is 2.50 bits per heavy atom. The van der Waals surface area contributed by atoms with E-state index in [1.54, 1.807) is 5.01 Å². The van der Waals surface area contributed by atoms with Crippen LogP contribution in [0.5, 0.6) is 0 Å². The quantitative estimate of drug-likeness (QED) is 0.398. The van der Waals surface area contributed by atoms with Crippen molar-refractivity contribution < 1.29 is 4.79 Å². The van der Waals surface area contributed by atoms with Crippen LogP contribution in [0.25, 0.3) is 0 Å². The van der Waals surface area contributed by atoms with Crippen LogP contribution in [0.4, 0.5) is 4.79 Å². The summed E-state index contributed by atoms with van der Waals surface area (Å²) in [7, 11) is 0. The maximum atomic E-state index is 11.0. The molecule has 2 heterocycles. The normalized spacial score (nSPS) is 31.8. The number of carbonyl (C=O) groups excluding carboxylic acids is 1. The molecular weight excluding hydrogens is 132 g/mol. The van der Waals surface area contributed by atoms with Crippen molar-refractivity contribution in [3.63, 3.8) is 0 Å². The maximum Gasteiger partial charge on any atom is 0.334 e. The summed E-state index contributed by atoms with van der Waals surface area (Å²) >= 11 is 0. The first-order chi connectivity index (χ1) is 4.88. The van der Waals surface area contributed by atoms with Gasteiger partial charge < -0.3 is 5.32 Å². The molecule has 2 rings (SSSR count). The lowest BCUT2D eigenvalue weighted by molar-refractivity contribution is 0.137. The summed E-state index contributed by atoms with van der Waals surface area (Å²) in [6, 6.07) is -0.0266. The van der Waals surface area contributed by atoms with Crippen molar-refractivity contribution in [1.82, 2.24) is 21.1 Å². The zero-order valence-corrected chi connectivity index (χ0v) is 5.55. The van der Waals surface area contributed by atoms with E-state index in [-0.39, 0.29) is 12.2 Å². The van der Waals surface area contributed by atoms with Gasteiger partial charge in [0.05, 0.1) is 6.67 Å². The minimum Gasteiger partial charge on any atom is -0.324 e. The molecule has 0 spiro atoms. The predicted molar refractivity (Wildman–Crippen MR) is 34.8 cm³/mol. The van der Waals surface area contributed by atoms with Gasteiger partial charge in [-0.3, -0.25) is 5.32 Å². The summed E-state index contributed by atoms with van der Waals surface area (Å²) in [4.78, 5) is 11.0. The number of hydrogen-bond acceptors (Lipinski definition) is 3. The number of rotatable bonds is 0. The molecule has 1 atom stereocenters. The number of nitrogens with zero attached hydrogens (tertiary/aromatic N) is 1. The molecule has 0 aromatic rings. The second kappa shape index (κ2) is 2.10. The Kier molecular flexibility index (Phi) is 1.25. The largest absolute Gasteiger partial charge is 0.334 e. The van der Waals surface area contributed by atoms with Crippen LogP contribution in [0.3, 0.4) is 0 Å². The van der Waals surface area contributed by atoms with Crippen molar-refractivity contribution in [1.29, 1.82) is 0 Å². The van der Waals surface area contributed by atoms with Gasteiger partial charge in [0.15, 0.2) is 0 Å². The van der Waals surface area contributed by atoms with Gasteiger partial charge in [-0.05, 0) is 6.42 Å². The Bertz CT molecular complexity index is 160. The Hall–Kier alpha value is -0.810. The summed E-state index contributed by atoms with van der Waals surface area (Å²) < 4.78 is 0. The van der Waals surface area contributed by atoms with E-state index in [1.807, 2.05) is 0 Å². The Morgan fingerprint density at radius 3 is 3.30 bits per heavy atom. The molecule has 0 aliphatic carbocycles. The number of nitrogens with one attached hydrogen (secondary N) is 3. The van der Waals surface area contributed by atoms with Crippen LogP contribution in [0.1, 0.15) is 6.42 Å². The van der Waals surface area contributed by atoms with Gasteiger partial charge in [-0.15, -0.1) is 0 Å². The molecule has 0 aromatic heterocycles. The minimum atomic E-state index is -0.0266. The van der Waals surface area contributed by atoms with Crippen LogP contribution in [0.15, 0.2) is 0 Å². The third-order valence-corrected chi connectivity index (χ3v) is 1.81. The molecule has 5 heteroatoms. The predicted octanol–water partition coefficient (Wildman–Crippen LogP) is -1.21. The molecule has 2 aliphatic heterocycles. The molecule has 2 fully saturated rings. The topological polar surface area (TPSA) is 56.4 Å². The third kappa shape index (κ3) is 0.748. The Labute approximate surface area is 58.7 Å². The van der Waals surface area contributed by atoms with E-state index in [0.29, 0.717) is 6.67 Å². The van der Waals surface area contributed by atoms with E-state index < -0.39 is 0 Å². The molecule has 10 heavy (non-hydrogen) atoms. The lowest BCUT2D eigenvalue weighted by Gasteiger charge is -2.30. The molecular formula is C5H10N4O. The SMILES string of the molecule is O=C1NCNC2CCNN12. The average molecular weight is 142 g/mol. The molecule has 56 valence electrons. The molecule has 0 bridgehead atoms. The van der Waals surface area contributed by atoms with Crippen molar-refractivity contribution in [3.8, 4) is 0 Å². The van der Waals surface area contributed by atoms with Crippen LogP contribution in [-0.2, 0) is 0 Å². The van der Waals surface area contributed by atoms with Crippen LogP contribution in [0.2, 0.25) is 0 Å².